The van der Waals surface area contributed by atoms with Gasteiger partial charge in [-0.3, -0.25) is 9.59 Å². The summed E-state index contributed by atoms with van der Waals surface area (Å²) in [4.78, 5) is 29.1. The van der Waals surface area contributed by atoms with Crippen LogP contribution in [-0.4, -0.2) is 75.8 Å². The quantitative estimate of drug-likeness (QED) is 0.600. The van der Waals surface area contributed by atoms with Crippen molar-refractivity contribution < 1.29 is 22.4 Å². The summed E-state index contributed by atoms with van der Waals surface area (Å²) >= 11 is 0. The molecule has 0 saturated carbocycles. The molecule has 1 fully saturated rings. The second-order valence-corrected chi connectivity index (χ2v) is 12.3. The first kappa shape index (κ1) is 26.3. The second kappa shape index (κ2) is 9.93. The van der Waals surface area contributed by atoms with Crippen LogP contribution in [0.25, 0.3) is 0 Å². The van der Waals surface area contributed by atoms with E-state index in [1.54, 1.807) is 25.7 Å². The molecule has 2 N–H and O–H groups in total. The Kier molecular flexibility index (Phi) is 8.17. The molecule has 1 aromatic rings. The predicted octanol–water partition coefficient (Wildman–Crippen LogP) is 1.91. The second-order valence-electron chi connectivity index (χ2n) is 10.7. The summed E-state index contributed by atoms with van der Waals surface area (Å²) in [6, 6.07) is 2.67. The Morgan fingerprint density at radius 1 is 1.12 bits per heavy atom. The first-order valence-electron chi connectivity index (χ1n) is 11.0. The molecule has 0 bridgehead atoms. The lowest BCUT2D eigenvalue weighted by Gasteiger charge is -2.32. The molecule has 1 aliphatic heterocycles. The van der Waals surface area contributed by atoms with Crippen LogP contribution in [0.5, 0.6) is 0 Å². The van der Waals surface area contributed by atoms with E-state index in [1.807, 2.05) is 14.1 Å². The highest BCUT2D eigenvalue weighted by Gasteiger charge is 2.31. The average Bonchev–Trinajstić information content (AvgIpc) is 3.14. The van der Waals surface area contributed by atoms with Crippen LogP contribution in [0.4, 0.5) is 0 Å². The highest BCUT2D eigenvalue weighted by molar-refractivity contribution is 7.89. The van der Waals surface area contributed by atoms with Gasteiger partial charge in [0.05, 0.1) is 0 Å². The lowest BCUT2D eigenvalue weighted by molar-refractivity contribution is -0.126. The van der Waals surface area contributed by atoms with Gasteiger partial charge in [-0.2, -0.15) is 0 Å². The number of nitrogens with one attached hydrogen (secondary N) is 2. The van der Waals surface area contributed by atoms with Crippen molar-refractivity contribution in [1.82, 2.24) is 19.8 Å². The predicted molar refractivity (Wildman–Crippen MR) is 123 cm³/mol. The highest BCUT2D eigenvalue weighted by atomic mass is 32.2. The minimum absolute atomic E-state index is 0.0172. The van der Waals surface area contributed by atoms with Crippen LogP contribution in [0.15, 0.2) is 21.6 Å². The lowest BCUT2D eigenvalue weighted by atomic mass is 9.91. The minimum Gasteiger partial charge on any atom is -0.438 e. The van der Waals surface area contributed by atoms with Crippen molar-refractivity contribution in [3.05, 3.63) is 17.9 Å². The Labute approximate surface area is 191 Å². The molecule has 1 aromatic heterocycles. The number of carbonyl (C=O) groups is 2. The summed E-state index contributed by atoms with van der Waals surface area (Å²) in [6.45, 7) is 11.7. The van der Waals surface area contributed by atoms with Gasteiger partial charge >= 0.3 is 0 Å². The molecule has 0 aliphatic carbocycles. The Morgan fingerprint density at radius 3 is 2.25 bits per heavy atom. The zero-order chi connectivity index (χ0) is 24.3. The number of hydrogen-bond donors (Lipinski definition) is 2. The zero-order valence-corrected chi connectivity index (χ0v) is 21.1. The fourth-order valence-electron chi connectivity index (χ4n) is 3.92. The van der Waals surface area contributed by atoms with Gasteiger partial charge < -0.3 is 19.5 Å². The molecular weight excluding hydrogens is 432 g/mol. The molecule has 32 heavy (non-hydrogen) atoms. The standard InChI is InChI=1S/C22H38N4O5S/c1-21(2,3)24-32(29,30)18-9-8-17(31-18)20(28)26-12-10-16(11-13-26)19(27)23-14-22(4,5)15-25(6)7/h8-9,16,24H,10-15H2,1-7H3,(H,23,27). The number of amides is 2. The van der Waals surface area contributed by atoms with Gasteiger partial charge in [0.1, 0.15) is 0 Å². The summed E-state index contributed by atoms with van der Waals surface area (Å²) in [7, 11) is 0.167. The number of rotatable bonds is 8. The van der Waals surface area contributed by atoms with Crippen LogP contribution in [0, 0.1) is 11.3 Å². The van der Waals surface area contributed by atoms with Crippen molar-refractivity contribution in [2.75, 3.05) is 40.3 Å². The van der Waals surface area contributed by atoms with Crippen molar-refractivity contribution >= 4 is 21.8 Å². The molecule has 1 aliphatic rings. The van der Waals surface area contributed by atoms with Crippen molar-refractivity contribution in [2.45, 2.75) is 58.1 Å². The molecule has 0 spiro atoms. The molecular formula is C22H38N4O5S. The number of piperidine rings is 1. The normalized spacial score (nSPS) is 16.4. The van der Waals surface area contributed by atoms with Crippen LogP contribution >= 0.6 is 0 Å². The Hall–Kier alpha value is -1.91. The maximum absolute atomic E-state index is 12.8. The van der Waals surface area contributed by atoms with Crippen LogP contribution in [0.3, 0.4) is 0 Å². The van der Waals surface area contributed by atoms with Gasteiger partial charge in [0.2, 0.25) is 11.0 Å². The number of nitrogens with zero attached hydrogens (tertiary/aromatic N) is 2. The third-order valence-electron chi connectivity index (χ3n) is 5.14. The van der Waals surface area contributed by atoms with E-state index in [-0.39, 0.29) is 34.0 Å². The molecule has 0 radical (unpaired) electrons. The van der Waals surface area contributed by atoms with Crippen LogP contribution in [0.2, 0.25) is 0 Å². The maximum atomic E-state index is 12.8. The molecule has 0 aromatic carbocycles. The Morgan fingerprint density at radius 2 is 1.72 bits per heavy atom. The van der Waals surface area contributed by atoms with E-state index >= 15 is 0 Å². The average molecular weight is 471 g/mol. The summed E-state index contributed by atoms with van der Waals surface area (Å²) in [5, 5.41) is 2.76. The van der Waals surface area contributed by atoms with Crippen molar-refractivity contribution in [1.29, 1.82) is 0 Å². The Bertz CT molecular complexity index is 907. The topological polar surface area (TPSA) is 112 Å². The maximum Gasteiger partial charge on any atom is 0.289 e. The monoisotopic (exact) mass is 470 g/mol. The summed E-state index contributed by atoms with van der Waals surface area (Å²) in [6.07, 6.45) is 1.12. The smallest absolute Gasteiger partial charge is 0.289 e. The molecule has 1 saturated heterocycles. The molecule has 0 unspecified atom stereocenters. The van der Waals surface area contributed by atoms with Gasteiger partial charge in [-0.25, -0.2) is 13.1 Å². The molecule has 2 rings (SSSR count). The molecule has 0 atom stereocenters. The number of hydrogen-bond acceptors (Lipinski definition) is 6. The van der Waals surface area contributed by atoms with Crippen molar-refractivity contribution in [2.24, 2.45) is 11.3 Å². The minimum atomic E-state index is -3.85. The summed E-state index contributed by atoms with van der Waals surface area (Å²) < 4.78 is 32.7. The molecule has 10 heteroatoms. The van der Waals surface area contributed by atoms with E-state index in [4.69, 9.17) is 4.42 Å². The molecule has 2 amide bonds. The SMILES string of the molecule is CN(C)CC(C)(C)CNC(=O)C1CCN(C(=O)c2ccc(S(=O)(=O)NC(C)(C)C)o2)CC1. The van der Waals surface area contributed by atoms with E-state index in [0.29, 0.717) is 32.5 Å². The van der Waals surface area contributed by atoms with E-state index < -0.39 is 15.6 Å². The number of carbonyl (C=O) groups excluding carboxylic acids is 2. The first-order chi connectivity index (χ1) is 14.6. The van der Waals surface area contributed by atoms with Gasteiger partial charge in [0, 0.05) is 37.6 Å². The van der Waals surface area contributed by atoms with Crippen molar-refractivity contribution in [3.63, 3.8) is 0 Å². The van der Waals surface area contributed by atoms with Gasteiger partial charge in [0.15, 0.2) is 5.76 Å². The van der Waals surface area contributed by atoms with Crippen LogP contribution in [-0.2, 0) is 14.8 Å². The van der Waals surface area contributed by atoms with Crippen LogP contribution in [0.1, 0.15) is 58.0 Å². The molecule has 9 nitrogen and oxygen atoms in total. The number of likely N-dealkylation sites (tertiary alicyclic amines) is 1. The number of furan rings is 1. The molecule has 2 heterocycles. The van der Waals surface area contributed by atoms with E-state index in [2.05, 4.69) is 28.8 Å². The number of sulfonamides is 1. The fraction of sp³-hybridized carbons (Fsp3) is 0.727. The highest BCUT2D eigenvalue weighted by Crippen LogP contribution is 2.23. The van der Waals surface area contributed by atoms with Gasteiger partial charge in [-0.1, -0.05) is 13.8 Å². The van der Waals surface area contributed by atoms with Crippen LogP contribution < -0.4 is 10.0 Å². The first-order valence-corrected chi connectivity index (χ1v) is 12.4. The van der Waals surface area contributed by atoms with Gasteiger partial charge in [-0.05, 0) is 65.3 Å². The van der Waals surface area contributed by atoms with E-state index in [9.17, 15) is 18.0 Å². The van der Waals surface area contributed by atoms with Gasteiger partial charge in [0.25, 0.3) is 15.9 Å². The van der Waals surface area contributed by atoms with E-state index in [1.165, 1.54) is 12.1 Å². The van der Waals surface area contributed by atoms with E-state index in [0.717, 1.165) is 6.54 Å². The molecule has 182 valence electrons. The fourth-order valence-corrected chi connectivity index (χ4v) is 5.27. The summed E-state index contributed by atoms with van der Waals surface area (Å²) in [5.41, 5.74) is -0.699. The third-order valence-corrected chi connectivity index (χ3v) is 6.77. The summed E-state index contributed by atoms with van der Waals surface area (Å²) in [5.74, 6) is -0.512. The zero-order valence-electron chi connectivity index (χ0n) is 20.3. The Balaban J connectivity index is 1.90. The third kappa shape index (κ3) is 7.60. The van der Waals surface area contributed by atoms with Gasteiger partial charge in [-0.15, -0.1) is 0 Å². The van der Waals surface area contributed by atoms with Crippen molar-refractivity contribution in [3.8, 4) is 0 Å². The largest absolute Gasteiger partial charge is 0.438 e. The lowest BCUT2D eigenvalue weighted by Crippen LogP contribution is -2.46.